The van der Waals surface area contributed by atoms with Gasteiger partial charge < -0.3 is 10.5 Å². The van der Waals surface area contributed by atoms with Crippen LogP contribution in [0.5, 0.6) is 5.75 Å². The van der Waals surface area contributed by atoms with Crippen LogP contribution in [0.3, 0.4) is 0 Å². The van der Waals surface area contributed by atoms with E-state index in [4.69, 9.17) is 10.5 Å². The van der Waals surface area contributed by atoms with Crippen LogP contribution in [0.1, 0.15) is 11.7 Å². The van der Waals surface area contributed by atoms with Crippen molar-refractivity contribution in [3.63, 3.8) is 0 Å². The highest BCUT2D eigenvalue weighted by molar-refractivity contribution is 5.80. The average molecular weight is 299 g/mol. The number of halogens is 4. The van der Waals surface area contributed by atoms with E-state index in [1.54, 1.807) is 6.07 Å². The molecule has 0 aliphatic carbocycles. The van der Waals surface area contributed by atoms with Crippen LogP contribution >= 0.6 is 0 Å². The summed E-state index contributed by atoms with van der Waals surface area (Å²) in [7, 11) is 0. The van der Waals surface area contributed by atoms with Gasteiger partial charge in [-0.05, 0) is 0 Å². The molecule has 110 valence electrons. The number of primary amides is 1. The topological polar surface area (TPSA) is 52.3 Å². The molecule has 0 aliphatic rings. The van der Waals surface area contributed by atoms with Gasteiger partial charge in [0.2, 0.25) is 17.7 Å². The van der Waals surface area contributed by atoms with E-state index in [-0.39, 0.29) is 11.6 Å². The van der Waals surface area contributed by atoms with E-state index in [1.165, 1.54) is 24.3 Å². The Bertz CT molecular complexity index is 650. The average Bonchev–Trinajstić information content (AvgIpc) is 2.46. The van der Waals surface area contributed by atoms with Crippen LogP contribution in [-0.2, 0) is 4.79 Å². The number of benzene rings is 2. The fraction of sp³-hybridized carbons (Fsp3) is 0.0714. The Morgan fingerprint density at radius 1 is 1.00 bits per heavy atom. The van der Waals surface area contributed by atoms with Crippen molar-refractivity contribution in [1.82, 2.24) is 0 Å². The van der Waals surface area contributed by atoms with Crippen LogP contribution in [0.2, 0.25) is 0 Å². The summed E-state index contributed by atoms with van der Waals surface area (Å²) in [6, 6.07) is 7.58. The molecule has 0 radical (unpaired) electrons. The van der Waals surface area contributed by atoms with Gasteiger partial charge in [-0.2, -0.15) is 8.78 Å². The van der Waals surface area contributed by atoms with E-state index in [0.717, 1.165) is 0 Å². The van der Waals surface area contributed by atoms with Crippen molar-refractivity contribution >= 4 is 5.91 Å². The second-order valence-corrected chi connectivity index (χ2v) is 4.11. The Labute approximate surface area is 116 Å². The van der Waals surface area contributed by atoms with Gasteiger partial charge in [0.15, 0.2) is 17.4 Å². The predicted molar refractivity (Wildman–Crippen MR) is 65.3 cm³/mol. The number of hydrogen-bond acceptors (Lipinski definition) is 2. The van der Waals surface area contributed by atoms with E-state index in [2.05, 4.69) is 0 Å². The molecule has 3 nitrogen and oxygen atoms in total. The third kappa shape index (κ3) is 2.96. The number of nitrogens with two attached hydrogens (primary N) is 1. The summed E-state index contributed by atoms with van der Waals surface area (Å²) in [5, 5.41) is 0. The van der Waals surface area contributed by atoms with Crippen LogP contribution in [0.15, 0.2) is 36.4 Å². The molecule has 0 heterocycles. The third-order valence-electron chi connectivity index (χ3n) is 2.67. The summed E-state index contributed by atoms with van der Waals surface area (Å²) >= 11 is 0. The Kier molecular flexibility index (Phi) is 4.11. The number of rotatable bonds is 4. The maximum absolute atomic E-state index is 13.5. The highest BCUT2D eigenvalue weighted by Crippen LogP contribution is 2.30. The van der Waals surface area contributed by atoms with Gasteiger partial charge in [0.25, 0.3) is 5.91 Å². The molecular formula is C14H9F4NO2. The van der Waals surface area contributed by atoms with E-state index in [0.29, 0.717) is 0 Å². The molecule has 0 aromatic heterocycles. The van der Waals surface area contributed by atoms with Gasteiger partial charge in [-0.1, -0.05) is 30.3 Å². The van der Waals surface area contributed by atoms with Crippen LogP contribution < -0.4 is 10.5 Å². The molecule has 21 heavy (non-hydrogen) atoms. The number of amides is 1. The lowest BCUT2D eigenvalue weighted by atomic mass is 10.1. The zero-order chi connectivity index (χ0) is 15.6. The van der Waals surface area contributed by atoms with Crippen molar-refractivity contribution in [2.45, 2.75) is 6.10 Å². The number of hydrogen-bond donors (Lipinski definition) is 1. The monoisotopic (exact) mass is 299 g/mol. The first-order valence-electron chi connectivity index (χ1n) is 5.75. The van der Waals surface area contributed by atoms with E-state index >= 15 is 0 Å². The van der Waals surface area contributed by atoms with Gasteiger partial charge in [-0.3, -0.25) is 4.79 Å². The second kappa shape index (κ2) is 5.82. The van der Waals surface area contributed by atoms with Gasteiger partial charge in [0, 0.05) is 11.6 Å². The zero-order valence-corrected chi connectivity index (χ0v) is 10.4. The molecule has 0 fully saturated rings. The van der Waals surface area contributed by atoms with Crippen LogP contribution in [0.25, 0.3) is 0 Å². The minimum atomic E-state index is -1.74. The van der Waals surface area contributed by atoms with Crippen molar-refractivity contribution in [2.24, 2.45) is 5.73 Å². The molecule has 2 aromatic carbocycles. The molecule has 0 aliphatic heterocycles. The summed E-state index contributed by atoms with van der Waals surface area (Å²) < 4.78 is 58.0. The fourth-order valence-corrected chi connectivity index (χ4v) is 1.69. The van der Waals surface area contributed by atoms with E-state index in [1.807, 2.05) is 0 Å². The summed E-state index contributed by atoms with van der Waals surface area (Å²) in [4.78, 5) is 11.4. The normalized spacial score (nSPS) is 12.0. The zero-order valence-electron chi connectivity index (χ0n) is 10.4. The standard InChI is InChI=1S/C14H9F4NO2/c15-8-6-9(16)11(18)13(10(8)17)21-12(14(19)20)7-4-2-1-3-5-7/h1-6,12H,(H2,19,20)/t12-/m0/s1. The lowest BCUT2D eigenvalue weighted by Crippen LogP contribution is -2.27. The Morgan fingerprint density at radius 2 is 1.52 bits per heavy atom. The quantitative estimate of drug-likeness (QED) is 0.697. The van der Waals surface area contributed by atoms with E-state index < -0.39 is 41.0 Å². The molecule has 7 heteroatoms. The number of ether oxygens (including phenoxy) is 1. The molecule has 0 spiro atoms. The molecule has 0 saturated heterocycles. The summed E-state index contributed by atoms with van der Waals surface area (Å²) in [6.07, 6.45) is -1.59. The summed E-state index contributed by atoms with van der Waals surface area (Å²) in [6.45, 7) is 0. The van der Waals surface area contributed by atoms with Gasteiger partial charge in [-0.15, -0.1) is 0 Å². The third-order valence-corrected chi connectivity index (χ3v) is 2.67. The Morgan fingerprint density at radius 3 is 2.00 bits per heavy atom. The largest absolute Gasteiger partial charge is 0.469 e. The minimum absolute atomic E-state index is 0.0410. The van der Waals surface area contributed by atoms with Gasteiger partial charge >= 0.3 is 0 Å². The van der Waals surface area contributed by atoms with Gasteiger partial charge in [-0.25, -0.2) is 8.78 Å². The molecule has 1 atom stereocenters. The molecular weight excluding hydrogens is 290 g/mol. The molecule has 0 bridgehead atoms. The van der Waals surface area contributed by atoms with Gasteiger partial charge in [0.05, 0.1) is 0 Å². The molecule has 2 rings (SSSR count). The minimum Gasteiger partial charge on any atom is -0.469 e. The first-order chi connectivity index (χ1) is 9.91. The molecule has 0 unspecified atom stereocenters. The number of carbonyl (C=O) groups excluding carboxylic acids is 1. The highest BCUT2D eigenvalue weighted by Gasteiger charge is 2.27. The van der Waals surface area contributed by atoms with Crippen molar-refractivity contribution in [3.8, 4) is 5.75 Å². The molecule has 0 saturated carbocycles. The van der Waals surface area contributed by atoms with Crippen LogP contribution in [0.4, 0.5) is 17.6 Å². The SMILES string of the molecule is NC(=O)[C@@H](Oc1c(F)c(F)cc(F)c1F)c1ccccc1. The Balaban J connectivity index is 2.46. The lowest BCUT2D eigenvalue weighted by molar-refractivity contribution is -0.125. The number of carbonyl (C=O) groups is 1. The van der Waals surface area contributed by atoms with Gasteiger partial charge in [0.1, 0.15) is 0 Å². The second-order valence-electron chi connectivity index (χ2n) is 4.11. The lowest BCUT2D eigenvalue weighted by Gasteiger charge is -2.17. The smallest absolute Gasteiger partial charge is 0.263 e. The first-order valence-corrected chi connectivity index (χ1v) is 5.75. The molecule has 2 N–H and O–H groups in total. The molecule has 1 amide bonds. The Hall–Kier alpha value is -2.57. The van der Waals surface area contributed by atoms with Crippen molar-refractivity contribution in [3.05, 3.63) is 65.2 Å². The van der Waals surface area contributed by atoms with Crippen molar-refractivity contribution < 1.29 is 27.1 Å². The maximum Gasteiger partial charge on any atom is 0.263 e. The van der Waals surface area contributed by atoms with Crippen LogP contribution in [0, 0.1) is 23.3 Å². The molecule has 2 aromatic rings. The van der Waals surface area contributed by atoms with Crippen molar-refractivity contribution in [2.75, 3.05) is 0 Å². The van der Waals surface area contributed by atoms with E-state index in [9.17, 15) is 22.4 Å². The fourth-order valence-electron chi connectivity index (χ4n) is 1.69. The predicted octanol–water partition coefficient (Wildman–Crippen LogP) is 2.85. The van der Waals surface area contributed by atoms with Crippen LogP contribution in [-0.4, -0.2) is 5.91 Å². The summed E-state index contributed by atoms with van der Waals surface area (Å²) in [5.74, 6) is -9.16. The highest BCUT2D eigenvalue weighted by atomic mass is 19.2. The maximum atomic E-state index is 13.5. The first kappa shape index (κ1) is 14.8. The van der Waals surface area contributed by atoms with Crippen molar-refractivity contribution in [1.29, 1.82) is 0 Å². The summed E-state index contributed by atoms with van der Waals surface area (Å²) in [5.41, 5.74) is 5.28.